The van der Waals surface area contributed by atoms with E-state index in [0.29, 0.717) is 0 Å². The molecule has 6 heteroatoms. The summed E-state index contributed by atoms with van der Waals surface area (Å²) < 4.78 is 18.8. The molecule has 1 aromatic rings. The molecule has 22 heavy (non-hydrogen) atoms. The predicted octanol–water partition coefficient (Wildman–Crippen LogP) is 2.70. The fourth-order valence-corrected chi connectivity index (χ4v) is 2.52. The summed E-state index contributed by atoms with van der Waals surface area (Å²) in [6, 6.07) is 3.76. The number of nitrogens with one attached hydrogen (secondary N) is 1. The van der Waals surface area contributed by atoms with Crippen LogP contribution in [0.4, 0.5) is 10.1 Å². The summed E-state index contributed by atoms with van der Waals surface area (Å²) in [6.07, 6.45) is 3.56. The molecule has 1 aromatic carbocycles. The maximum Gasteiger partial charge on any atom is 0.309 e. The first-order chi connectivity index (χ1) is 10.5. The predicted molar refractivity (Wildman–Crippen MR) is 78.0 cm³/mol. The van der Waals surface area contributed by atoms with Crippen molar-refractivity contribution in [3.8, 4) is 0 Å². The number of Topliss-reactive ketones (excluding diaryl/α,β-unsaturated/α-hetero) is 1. The molecule has 1 N–H and O–H groups in total. The molecule has 1 aliphatic rings. The molecule has 0 unspecified atom stereocenters. The van der Waals surface area contributed by atoms with Gasteiger partial charge in [0.05, 0.1) is 11.5 Å². The Morgan fingerprint density at radius 2 is 1.95 bits per heavy atom. The molecule has 0 heterocycles. The van der Waals surface area contributed by atoms with Crippen molar-refractivity contribution in [2.24, 2.45) is 5.92 Å². The van der Waals surface area contributed by atoms with Gasteiger partial charge >= 0.3 is 5.97 Å². The van der Waals surface area contributed by atoms with E-state index in [1.54, 1.807) is 0 Å². The number of carbonyl (C=O) groups is 3. The SMILES string of the molecule is CC(=O)Nc1ccc(C(=O)COC(=O)C2CCCC2)c(F)c1. The van der Waals surface area contributed by atoms with E-state index >= 15 is 0 Å². The van der Waals surface area contributed by atoms with Crippen LogP contribution in [0.25, 0.3) is 0 Å². The quantitative estimate of drug-likeness (QED) is 0.670. The molecule has 0 radical (unpaired) electrons. The van der Waals surface area contributed by atoms with Crippen LogP contribution in [0.15, 0.2) is 18.2 Å². The Kier molecular flexibility index (Phi) is 5.25. The molecule has 1 fully saturated rings. The second kappa shape index (κ2) is 7.15. The third kappa shape index (κ3) is 4.13. The highest BCUT2D eigenvalue weighted by Gasteiger charge is 2.25. The zero-order valence-electron chi connectivity index (χ0n) is 12.4. The molecule has 0 aromatic heterocycles. The highest BCUT2D eigenvalue weighted by atomic mass is 19.1. The zero-order chi connectivity index (χ0) is 16.1. The van der Waals surface area contributed by atoms with E-state index in [2.05, 4.69) is 5.32 Å². The van der Waals surface area contributed by atoms with Crippen LogP contribution < -0.4 is 5.32 Å². The molecule has 0 aliphatic heterocycles. The summed E-state index contributed by atoms with van der Waals surface area (Å²) >= 11 is 0. The van der Waals surface area contributed by atoms with E-state index in [9.17, 15) is 18.8 Å². The molecule has 1 aliphatic carbocycles. The van der Waals surface area contributed by atoms with Gasteiger partial charge < -0.3 is 10.1 Å². The number of rotatable bonds is 5. The van der Waals surface area contributed by atoms with E-state index in [0.717, 1.165) is 31.7 Å². The summed E-state index contributed by atoms with van der Waals surface area (Å²) in [5.74, 6) is -2.21. The van der Waals surface area contributed by atoms with Crippen LogP contribution in [-0.4, -0.2) is 24.3 Å². The van der Waals surface area contributed by atoms with Crippen molar-refractivity contribution in [2.75, 3.05) is 11.9 Å². The number of hydrogen-bond donors (Lipinski definition) is 1. The average Bonchev–Trinajstić information content (AvgIpc) is 2.98. The Labute approximate surface area is 127 Å². The van der Waals surface area contributed by atoms with Crippen molar-refractivity contribution in [3.05, 3.63) is 29.6 Å². The van der Waals surface area contributed by atoms with Gasteiger partial charge in [-0.2, -0.15) is 0 Å². The molecule has 0 atom stereocenters. The van der Waals surface area contributed by atoms with Gasteiger partial charge in [0.2, 0.25) is 11.7 Å². The van der Waals surface area contributed by atoms with Crippen molar-refractivity contribution in [1.82, 2.24) is 0 Å². The number of esters is 1. The Morgan fingerprint density at radius 1 is 1.27 bits per heavy atom. The van der Waals surface area contributed by atoms with Crippen molar-refractivity contribution in [3.63, 3.8) is 0 Å². The second-order valence-corrected chi connectivity index (χ2v) is 5.39. The number of hydrogen-bond acceptors (Lipinski definition) is 4. The normalized spacial score (nSPS) is 14.6. The van der Waals surface area contributed by atoms with Crippen LogP contribution in [0.3, 0.4) is 0 Å². The van der Waals surface area contributed by atoms with Crippen LogP contribution in [0.2, 0.25) is 0 Å². The molecule has 5 nitrogen and oxygen atoms in total. The number of anilines is 1. The number of carbonyl (C=O) groups excluding carboxylic acids is 3. The van der Waals surface area contributed by atoms with Crippen LogP contribution in [-0.2, 0) is 14.3 Å². The minimum Gasteiger partial charge on any atom is -0.457 e. The number of halogens is 1. The molecule has 0 bridgehead atoms. The van der Waals surface area contributed by atoms with Crippen LogP contribution in [0.1, 0.15) is 43.0 Å². The van der Waals surface area contributed by atoms with Gasteiger partial charge in [-0.3, -0.25) is 14.4 Å². The van der Waals surface area contributed by atoms with Gasteiger partial charge in [0.15, 0.2) is 6.61 Å². The van der Waals surface area contributed by atoms with Crippen LogP contribution in [0.5, 0.6) is 0 Å². The maximum atomic E-state index is 13.9. The lowest BCUT2D eigenvalue weighted by molar-refractivity contribution is -0.147. The summed E-state index contributed by atoms with van der Waals surface area (Å²) in [4.78, 5) is 34.5. The molecule has 0 saturated heterocycles. The smallest absolute Gasteiger partial charge is 0.309 e. The Hall–Kier alpha value is -2.24. The third-order valence-electron chi connectivity index (χ3n) is 3.62. The lowest BCUT2D eigenvalue weighted by Gasteiger charge is -2.10. The summed E-state index contributed by atoms with van der Waals surface area (Å²) in [6.45, 7) is 0.838. The molecular weight excluding hydrogens is 289 g/mol. The first-order valence-corrected chi connectivity index (χ1v) is 7.24. The number of ether oxygens (including phenoxy) is 1. The number of benzene rings is 1. The highest BCUT2D eigenvalue weighted by Crippen LogP contribution is 2.25. The highest BCUT2D eigenvalue weighted by molar-refractivity contribution is 5.99. The van der Waals surface area contributed by atoms with E-state index < -0.39 is 18.2 Å². The van der Waals surface area contributed by atoms with Crippen molar-refractivity contribution < 1.29 is 23.5 Å². The Balaban J connectivity index is 1.94. The standard InChI is InChI=1S/C16H18FNO4/c1-10(19)18-12-6-7-13(14(17)8-12)15(20)9-22-16(21)11-4-2-3-5-11/h6-8,11H,2-5,9H2,1H3,(H,18,19). The monoisotopic (exact) mass is 307 g/mol. The van der Waals surface area contributed by atoms with Crippen molar-refractivity contribution >= 4 is 23.3 Å². The zero-order valence-corrected chi connectivity index (χ0v) is 12.4. The third-order valence-corrected chi connectivity index (χ3v) is 3.62. The topological polar surface area (TPSA) is 72.5 Å². The Bertz CT molecular complexity index is 594. The largest absolute Gasteiger partial charge is 0.457 e. The van der Waals surface area contributed by atoms with Gasteiger partial charge in [-0.05, 0) is 31.0 Å². The second-order valence-electron chi connectivity index (χ2n) is 5.39. The first kappa shape index (κ1) is 16.1. The van der Waals surface area contributed by atoms with Crippen LogP contribution in [0, 0.1) is 11.7 Å². The summed E-state index contributed by atoms with van der Waals surface area (Å²) in [7, 11) is 0. The average molecular weight is 307 g/mol. The lowest BCUT2D eigenvalue weighted by Crippen LogP contribution is -2.20. The minimum atomic E-state index is -0.756. The maximum absolute atomic E-state index is 13.9. The van der Waals surface area contributed by atoms with Gasteiger partial charge in [0.1, 0.15) is 5.82 Å². The molecule has 118 valence electrons. The van der Waals surface area contributed by atoms with Gasteiger partial charge in [-0.15, -0.1) is 0 Å². The van der Waals surface area contributed by atoms with Crippen molar-refractivity contribution in [2.45, 2.75) is 32.6 Å². The number of amides is 1. The minimum absolute atomic E-state index is 0.139. The van der Waals surface area contributed by atoms with Gasteiger partial charge in [-0.25, -0.2) is 4.39 Å². The molecular formula is C16H18FNO4. The van der Waals surface area contributed by atoms with Gasteiger partial charge in [0.25, 0.3) is 0 Å². The number of ketones is 1. The van der Waals surface area contributed by atoms with Crippen LogP contribution >= 0.6 is 0 Å². The van der Waals surface area contributed by atoms with E-state index in [-0.39, 0.29) is 29.0 Å². The summed E-state index contributed by atoms with van der Waals surface area (Å²) in [5.41, 5.74) is 0.109. The van der Waals surface area contributed by atoms with Gasteiger partial charge in [0, 0.05) is 12.6 Å². The first-order valence-electron chi connectivity index (χ1n) is 7.24. The molecule has 1 amide bonds. The summed E-state index contributed by atoms with van der Waals surface area (Å²) in [5, 5.41) is 2.42. The molecule has 2 rings (SSSR count). The van der Waals surface area contributed by atoms with Gasteiger partial charge in [-0.1, -0.05) is 12.8 Å². The fraction of sp³-hybridized carbons (Fsp3) is 0.438. The lowest BCUT2D eigenvalue weighted by atomic mass is 10.1. The fourth-order valence-electron chi connectivity index (χ4n) is 2.52. The molecule has 1 saturated carbocycles. The molecule has 0 spiro atoms. The van der Waals surface area contributed by atoms with E-state index in [1.807, 2.05) is 0 Å². The van der Waals surface area contributed by atoms with E-state index in [4.69, 9.17) is 4.74 Å². The van der Waals surface area contributed by atoms with Crippen molar-refractivity contribution in [1.29, 1.82) is 0 Å². The Morgan fingerprint density at radius 3 is 2.55 bits per heavy atom. The van der Waals surface area contributed by atoms with E-state index in [1.165, 1.54) is 19.1 Å².